The highest BCUT2D eigenvalue weighted by Gasteiger charge is 2.08. The highest BCUT2D eigenvalue weighted by Crippen LogP contribution is 2.16. The third-order valence-electron chi connectivity index (χ3n) is 2.33. The molecule has 2 rings (SSSR count). The van der Waals surface area contributed by atoms with Gasteiger partial charge in [0, 0.05) is 9.75 Å². The van der Waals surface area contributed by atoms with Crippen LogP contribution in [0.4, 0.5) is 0 Å². The number of hydrogen-bond donors (Lipinski definition) is 1. The van der Waals surface area contributed by atoms with E-state index in [9.17, 15) is 4.79 Å². The number of aryl methyl sites for hydroxylation is 1. The molecular weight excluding hydrogens is 270 g/mol. The fourth-order valence-corrected chi connectivity index (χ4v) is 2.46. The Kier molecular flexibility index (Phi) is 4.28. The van der Waals surface area contributed by atoms with Crippen LogP contribution in [0.15, 0.2) is 24.5 Å². The van der Waals surface area contributed by atoms with E-state index in [-0.39, 0.29) is 16.8 Å². The summed E-state index contributed by atoms with van der Waals surface area (Å²) in [5.74, 6) is -0.267. The molecule has 1 N–H and O–H groups in total. The number of halogens is 1. The first-order valence-electron chi connectivity index (χ1n) is 5.52. The standard InChI is InChI=1S/C12H12ClN3OS/c1-2-8-3-4-9(18-8)5-15-12(17)10-6-14-7-11(13)16-10/h3-4,6-7H,2,5H2,1H3,(H,15,17). The van der Waals surface area contributed by atoms with Gasteiger partial charge in [-0.25, -0.2) is 4.98 Å². The molecule has 0 saturated heterocycles. The molecule has 2 aromatic heterocycles. The van der Waals surface area contributed by atoms with E-state index in [1.54, 1.807) is 11.3 Å². The van der Waals surface area contributed by atoms with E-state index in [1.165, 1.54) is 17.3 Å². The van der Waals surface area contributed by atoms with Crippen molar-refractivity contribution in [2.45, 2.75) is 19.9 Å². The second-order valence-electron chi connectivity index (χ2n) is 3.63. The van der Waals surface area contributed by atoms with Gasteiger partial charge < -0.3 is 5.32 Å². The molecule has 0 aliphatic rings. The topological polar surface area (TPSA) is 54.9 Å². The predicted molar refractivity (Wildman–Crippen MR) is 71.9 cm³/mol. The summed E-state index contributed by atoms with van der Waals surface area (Å²) in [6, 6.07) is 4.10. The third-order valence-corrected chi connectivity index (χ3v) is 3.74. The van der Waals surface area contributed by atoms with Crippen molar-refractivity contribution in [1.82, 2.24) is 15.3 Å². The van der Waals surface area contributed by atoms with Crippen LogP contribution in [0, 0.1) is 0 Å². The van der Waals surface area contributed by atoms with Crippen molar-refractivity contribution in [1.29, 1.82) is 0 Å². The molecule has 2 aromatic rings. The Bertz CT molecular complexity index is 556. The van der Waals surface area contributed by atoms with Crippen molar-refractivity contribution in [3.8, 4) is 0 Å². The minimum Gasteiger partial charge on any atom is -0.346 e. The first kappa shape index (κ1) is 13.0. The van der Waals surface area contributed by atoms with E-state index in [2.05, 4.69) is 28.3 Å². The normalized spacial score (nSPS) is 10.3. The first-order valence-corrected chi connectivity index (χ1v) is 6.72. The summed E-state index contributed by atoms with van der Waals surface area (Å²) in [6.45, 7) is 2.60. The van der Waals surface area contributed by atoms with Gasteiger partial charge in [0.2, 0.25) is 0 Å². The summed E-state index contributed by atoms with van der Waals surface area (Å²) >= 11 is 7.37. The molecule has 0 bridgehead atoms. The molecule has 18 heavy (non-hydrogen) atoms. The van der Waals surface area contributed by atoms with E-state index in [0.717, 1.165) is 11.3 Å². The molecule has 0 aliphatic heterocycles. The average Bonchev–Trinajstić information content (AvgIpc) is 2.84. The van der Waals surface area contributed by atoms with Gasteiger partial charge in [0.25, 0.3) is 5.91 Å². The molecule has 1 amide bonds. The number of carbonyl (C=O) groups is 1. The lowest BCUT2D eigenvalue weighted by atomic mass is 10.3. The van der Waals surface area contributed by atoms with Crippen LogP contribution in [-0.4, -0.2) is 15.9 Å². The lowest BCUT2D eigenvalue weighted by Crippen LogP contribution is -2.23. The van der Waals surface area contributed by atoms with Crippen LogP contribution in [0.1, 0.15) is 27.2 Å². The second-order valence-corrected chi connectivity index (χ2v) is 5.27. The SMILES string of the molecule is CCc1ccc(CNC(=O)c2cncc(Cl)n2)s1. The molecule has 0 aliphatic carbocycles. The van der Waals surface area contributed by atoms with Gasteiger partial charge in [-0.05, 0) is 18.6 Å². The summed E-state index contributed by atoms with van der Waals surface area (Å²) < 4.78 is 0. The van der Waals surface area contributed by atoms with E-state index in [0.29, 0.717) is 6.54 Å². The van der Waals surface area contributed by atoms with E-state index in [4.69, 9.17) is 11.6 Å². The zero-order valence-electron chi connectivity index (χ0n) is 9.81. The van der Waals surface area contributed by atoms with Crippen molar-refractivity contribution in [2.75, 3.05) is 0 Å². The van der Waals surface area contributed by atoms with Crippen LogP contribution < -0.4 is 5.32 Å². The van der Waals surface area contributed by atoms with Crippen LogP contribution in [0.3, 0.4) is 0 Å². The molecule has 2 heterocycles. The summed E-state index contributed by atoms with van der Waals surface area (Å²) in [4.78, 5) is 21.9. The Hall–Kier alpha value is -1.46. The van der Waals surface area contributed by atoms with Gasteiger partial charge in [-0.3, -0.25) is 9.78 Å². The molecule has 4 nitrogen and oxygen atoms in total. The van der Waals surface area contributed by atoms with E-state index in [1.807, 2.05) is 6.07 Å². The van der Waals surface area contributed by atoms with Crippen molar-refractivity contribution < 1.29 is 4.79 Å². The molecular formula is C12H12ClN3OS. The number of nitrogens with zero attached hydrogens (tertiary/aromatic N) is 2. The minimum absolute atomic E-state index is 0.215. The molecule has 0 spiro atoms. The highest BCUT2D eigenvalue weighted by molar-refractivity contribution is 7.11. The second kappa shape index (κ2) is 5.93. The number of aromatic nitrogens is 2. The smallest absolute Gasteiger partial charge is 0.271 e. The third kappa shape index (κ3) is 3.27. The molecule has 0 fully saturated rings. The number of nitrogens with one attached hydrogen (secondary N) is 1. The van der Waals surface area contributed by atoms with Crippen LogP contribution in [0.25, 0.3) is 0 Å². The molecule has 0 atom stereocenters. The minimum atomic E-state index is -0.267. The molecule has 0 saturated carbocycles. The van der Waals surface area contributed by atoms with Gasteiger partial charge in [0.15, 0.2) is 0 Å². The summed E-state index contributed by atoms with van der Waals surface area (Å²) in [5, 5.41) is 3.01. The van der Waals surface area contributed by atoms with Crippen molar-refractivity contribution >= 4 is 28.8 Å². The van der Waals surface area contributed by atoms with Crippen molar-refractivity contribution in [2.24, 2.45) is 0 Å². The molecule has 6 heteroatoms. The maximum Gasteiger partial charge on any atom is 0.271 e. The Morgan fingerprint density at radius 3 is 2.83 bits per heavy atom. The van der Waals surface area contributed by atoms with Crippen molar-refractivity contribution in [3.63, 3.8) is 0 Å². The fraction of sp³-hybridized carbons (Fsp3) is 0.250. The van der Waals surface area contributed by atoms with Crippen LogP contribution in [-0.2, 0) is 13.0 Å². The van der Waals surface area contributed by atoms with Crippen LogP contribution in [0.5, 0.6) is 0 Å². The number of carbonyl (C=O) groups excluding carboxylic acids is 1. The summed E-state index contributed by atoms with van der Waals surface area (Å²) in [6.07, 6.45) is 3.80. The zero-order valence-corrected chi connectivity index (χ0v) is 11.4. The Morgan fingerprint density at radius 2 is 2.17 bits per heavy atom. The predicted octanol–water partition coefficient (Wildman–Crippen LogP) is 2.68. The fourth-order valence-electron chi connectivity index (χ4n) is 1.42. The first-order chi connectivity index (χ1) is 8.69. The van der Waals surface area contributed by atoms with Gasteiger partial charge in [-0.2, -0.15) is 0 Å². The zero-order chi connectivity index (χ0) is 13.0. The number of thiophene rings is 1. The maximum absolute atomic E-state index is 11.8. The quantitative estimate of drug-likeness (QED) is 0.937. The number of hydrogen-bond acceptors (Lipinski definition) is 4. The summed E-state index contributed by atoms with van der Waals surface area (Å²) in [7, 11) is 0. The van der Waals surface area contributed by atoms with Gasteiger partial charge in [-0.1, -0.05) is 18.5 Å². The Morgan fingerprint density at radius 1 is 1.39 bits per heavy atom. The molecule has 94 valence electrons. The highest BCUT2D eigenvalue weighted by atomic mass is 35.5. The summed E-state index contributed by atoms with van der Waals surface area (Å²) in [5.41, 5.74) is 0.231. The van der Waals surface area contributed by atoms with Gasteiger partial charge in [0.05, 0.1) is 18.9 Å². The van der Waals surface area contributed by atoms with Crippen molar-refractivity contribution in [3.05, 3.63) is 45.1 Å². The van der Waals surface area contributed by atoms with Gasteiger partial charge >= 0.3 is 0 Å². The monoisotopic (exact) mass is 281 g/mol. The average molecular weight is 282 g/mol. The largest absolute Gasteiger partial charge is 0.346 e. The van der Waals surface area contributed by atoms with Crippen LogP contribution >= 0.6 is 22.9 Å². The molecule has 0 aromatic carbocycles. The van der Waals surface area contributed by atoms with E-state index < -0.39 is 0 Å². The lowest BCUT2D eigenvalue weighted by Gasteiger charge is -2.02. The maximum atomic E-state index is 11.8. The van der Waals surface area contributed by atoms with E-state index >= 15 is 0 Å². The van der Waals surface area contributed by atoms with Crippen LogP contribution in [0.2, 0.25) is 5.15 Å². The number of rotatable bonds is 4. The Labute approximate surface area is 114 Å². The lowest BCUT2D eigenvalue weighted by molar-refractivity contribution is 0.0946. The molecule has 0 radical (unpaired) electrons. The Balaban J connectivity index is 1.96. The number of amides is 1. The van der Waals surface area contributed by atoms with Gasteiger partial charge in [0.1, 0.15) is 10.8 Å². The van der Waals surface area contributed by atoms with Gasteiger partial charge in [-0.15, -0.1) is 11.3 Å². The molecule has 0 unspecified atom stereocenters.